The molecule has 1 aromatic carbocycles. The zero-order chi connectivity index (χ0) is 14.5. The molecule has 0 aliphatic heterocycles. The monoisotopic (exact) mass is 334 g/mol. The molecule has 0 aliphatic rings. The summed E-state index contributed by atoms with van der Waals surface area (Å²) in [5, 5.41) is 3.23. The molecule has 0 unspecified atom stereocenters. The largest absolute Gasteiger partial charge is 0.370 e. The number of hydrogen-bond donors (Lipinski definition) is 1. The lowest BCUT2D eigenvalue weighted by molar-refractivity contribution is 0.878. The van der Waals surface area contributed by atoms with E-state index in [-0.39, 0.29) is 0 Å². The normalized spacial score (nSPS) is 10.4. The van der Waals surface area contributed by atoms with Crippen LogP contribution >= 0.6 is 15.9 Å². The molecule has 1 aromatic heterocycles. The highest BCUT2D eigenvalue weighted by Crippen LogP contribution is 2.18. The third-order valence-electron chi connectivity index (χ3n) is 2.91. The third-order valence-corrected chi connectivity index (χ3v) is 3.44. The van der Waals surface area contributed by atoms with Gasteiger partial charge < -0.3 is 10.2 Å². The van der Waals surface area contributed by atoms with E-state index in [9.17, 15) is 0 Å². The fraction of sp³-hybridized carbons (Fsp3) is 0.333. The zero-order valence-corrected chi connectivity index (χ0v) is 13.6. The van der Waals surface area contributed by atoms with Crippen molar-refractivity contribution in [2.24, 2.45) is 0 Å². The zero-order valence-electron chi connectivity index (χ0n) is 12.0. The van der Waals surface area contributed by atoms with Crippen LogP contribution in [-0.2, 0) is 6.54 Å². The first kappa shape index (κ1) is 14.8. The summed E-state index contributed by atoms with van der Waals surface area (Å²) in [7, 11) is 2.04. The summed E-state index contributed by atoms with van der Waals surface area (Å²) in [6, 6.07) is 10.3. The molecule has 0 bridgehead atoms. The van der Waals surface area contributed by atoms with Crippen LogP contribution in [0.1, 0.15) is 18.3 Å². The van der Waals surface area contributed by atoms with E-state index < -0.39 is 0 Å². The second-order valence-corrected chi connectivity index (χ2v) is 5.59. The standard InChI is InChI=1S/C15H19BrN4/c1-4-17-14-9-15(19-11(2)18-14)20(3)10-12-5-7-13(16)8-6-12/h5-9H,4,10H2,1-3H3,(H,17,18,19). The fourth-order valence-electron chi connectivity index (χ4n) is 1.96. The van der Waals surface area contributed by atoms with E-state index in [0.717, 1.165) is 35.0 Å². The van der Waals surface area contributed by atoms with Crippen molar-refractivity contribution in [3.8, 4) is 0 Å². The average molecular weight is 335 g/mol. The molecular formula is C15H19BrN4. The average Bonchev–Trinajstić information content (AvgIpc) is 2.41. The fourth-order valence-corrected chi connectivity index (χ4v) is 2.23. The molecule has 4 nitrogen and oxygen atoms in total. The Morgan fingerprint density at radius 3 is 2.55 bits per heavy atom. The lowest BCUT2D eigenvalue weighted by atomic mass is 10.2. The number of hydrogen-bond acceptors (Lipinski definition) is 4. The van der Waals surface area contributed by atoms with E-state index in [2.05, 4.69) is 67.3 Å². The van der Waals surface area contributed by atoms with Crippen molar-refractivity contribution in [1.29, 1.82) is 0 Å². The quantitative estimate of drug-likeness (QED) is 0.906. The highest BCUT2D eigenvalue weighted by molar-refractivity contribution is 9.10. The number of anilines is 2. The molecule has 1 N–H and O–H groups in total. The van der Waals surface area contributed by atoms with Gasteiger partial charge in [-0.1, -0.05) is 28.1 Å². The Morgan fingerprint density at radius 2 is 1.90 bits per heavy atom. The minimum absolute atomic E-state index is 0.779. The van der Waals surface area contributed by atoms with Gasteiger partial charge in [0.1, 0.15) is 17.5 Å². The first-order valence-corrected chi connectivity index (χ1v) is 7.43. The molecule has 1 heterocycles. The van der Waals surface area contributed by atoms with Gasteiger partial charge in [0.25, 0.3) is 0 Å². The van der Waals surface area contributed by atoms with Crippen LogP contribution in [0.15, 0.2) is 34.8 Å². The van der Waals surface area contributed by atoms with Gasteiger partial charge >= 0.3 is 0 Å². The van der Waals surface area contributed by atoms with Gasteiger partial charge in [-0.3, -0.25) is 0 Å². The molecule has 0 saturated carbocycles. The number of nitrogens with one attached hydrogen (secondary N) is 1. The number of nitrogens with zero attached hydrogens (tertiary/aromatic N) is 3. The Hall–Kier alpha value is -1.62. The molecule has 5 heteroatoms. The molecule has 0 radical (unpaired) electrons. The predicted octanol–water partition coefficient (Wildman–Crippen LogP) is 3.62. The van der Waals surface area contributed by atoms with Crippen molar-refractivity contribution < 1.29 is 0 Å². The second-order valence-electron chi connectivity index (χ2n) is 4.67. The van der Waals surface area contributed by atoms with Crippen LogP contribution in [0.4, 0.5) is 11.6 Å². The summed E-state index contributed by atoms with van der Waals surface area (Å²) in [4.78, 5) is 11.0. The Labute approximate surface area is 128 Å². The van der Waals surface area contributed by atoms with Crippen LogP contribution in [0.2, 0.25) is 0 Å². The first-order chi connectivity index (χ1) is 9.58. The predicted molar refractivity (Wildman–Crippen MR) is 87.2 cm³/mol. The van der Waals surface area contributed by atoms with Crippen molar-refractivity contribution >= 4 is 27.6 Å². The summed E-state index contributed by atoms with van der Waals surface area (Å²) < 4.78 is 1.09. The van der Waals surface area contributed by atoms with Gasteiger partial charge in [-0.15, -0.1) is 0 Å². The van der Waals surface area contributed by atoms with E-state index in [1.807, 2.05) is 20.0 Å². The van der Waals surface area contributed by atoms with Gasteiger partial charge in [-0.25, -0.2) is 9.97 Å². The van der Waals surface area contributed by atoms with Crippen LogP contribution in [0.3, 0.4) is 0 Å². The first-order valence-electron chi connectivity index (χ1n) is 6.63. The Morgan fingerprint density at radius 1 is 1.20 bits per heavy atom. The van der Waals surface area contributed by atoms with Crippen LogP contribution < -0.4 is 10.2 Å². The summed E-state index contributed by atoms with van der Waals surface area (Å²) in [6.07, 6.45) is 0. The summed E-state index contributed by atoms with van der Waals surface area (Å²) >= 11 is 3.45. The Balaban J connectivity index is 2.15. The number of benzene rings is 1. The Kier molecular flexibility index (Phi) is 4.95. The summed E-state index contributed by atoms with van der Waals surface area (Å²) in [5.74, 6) is 2.58. The topological polar surface area (TPSA) is 41.0 Å². The van der Waals surface area contributed by atoms with E-state index in [4.69, 9.17) is 0 Å². The highest BCUT2D eigenvalue weighted by Gasteiger charge is 2.07. The molecule has 0 saturated heterocycles. The molecule has 0 spiro atoms. The lowest BCUT2D eigenvalue weighted by Crippen LogP contribution is -2.18. The number of halogens is 1. The molecule has 0 atom stereocenters. The number of aromatic nitrogens is 2. The molecule has 106 valence electrons. The van der Waals surface area contributed by atoms with Gasteiger partial charge in [0.15, 0.2) is 0 Å². The van der Waals surface area contributed by atoms with Crippen molar-refractivity contribution in [2.45, 2.75) is 20.4 Å². The van der Waals surface area contributed by atoms with Gasteiger partial charge in [0.05, 0.1) is 0 Å². The number of aryl methyl sites for hydroxylation is 1. The molecule has 0 amide bonds. The van der Waals surface area contributed by atoms with E-state index in [1.165, 1.54) is 5.56 Å². The van der Waals surface area contributed by atoms with Gasteiger partial charge in [-0.2, -0.15) is 0 Å². The van der Waals surface area contributed by atoms with E-state index in [1.54, 1.807) is 0 Å². The number of rotatable bonds is 5. The van der Waals surface area contributed by atoms with Crippen LogP contribution in [0.5, 0.6) is 0 Å². The van der Waals surface area contributed by atoms with E-state index >= 15 is 0 Å². The van der Waals surface area contributed by atoms with Crippen LogP contribution in [-0.4, -0.2) is 23.6 Å². The molecular weight excluding hydrogens is 316 g/mol. The molecule has 20 heavy (non-hydrogen) atoms. The van der Waals surface area contributed by atoms with Crippen molar-refractivity contribution in [3.05, 3.63) is 46.2 Å². The van der Waals surface area contributed by atoms with Gasteiger partial charge in [-0.05, 0) is 31.5 Å². The van der Waals surface area contributed by atoms with Gasteiger partial charge in [0.2, 0.25) is 0 Å². The molecule has 2 aromatic rings. The SMILES string of the molecule is CCNc1cc(N(C)Cc2ccc(Br)cc2)nc(C)n1. The summed E-state index contributed by atoms with van der Waals surface area (Å²) in [5.41, 5.74) is 1.25. The molecule has 0 aliphatic carbocycles. The Bertz CT molecular complexity index is 569. The minimum Gasteiger partial charge on any atom is -0.370 e. The molecule has 2 rings (SSSR count). The van der Waals surface area contributed by atoms with Crippen LogP contribution in [0, 0.1) is 6.92 Å². The smallest absolute Gasteiger partial charge is 0.134 e. The lowest BCUT2D eigenvalue weighted by Gasteiger charge is -2.19. The highest BCUT2D eigenvalue weighted by atomic mass is 79.9. The second kappa shape index (κ2) is 6.70. The maximum Gasteiger partial charge on any atom is 0.134 e. The molecule has 0 fully saturated rings. The summed E-state index contributed by atoms with van der Waals surface area (Å²) in [6.45, 7) is 5.64. The van der Waals surface area contributed by atoms with Gasteiger partial charge in [0, 0.05) is 30.7 Å². The van der Waals surface area contributed by atoms with Crippen molar-refractivity contribution in [3.63, 3.8) is 0 Å². The maximum atomic E-state index is 4.50. The maximum absolute atomic E-state index is 4.50. The van der Waals surface area contributed by atoms with Crippen LogP contribution in [0.25, 0.3) is 0 Å². The third kappa shape index (κ3) is 3.93. The van der Waals surface area contributed by atoms with Crippen molar-refractivity contribution in [2.75, 3.05) is 23.8 Å². The van der Waals surface area contributed by atoms with E-state index in [0.29, 0.717) is 0 Å². The van der Waals surface area contributed by atoms with Crippen molar-refractivity contribution in [1.82, 2.24) is 9.97 Å². The minimum atomic E-state index is 0.779.